The number of methoxy groups -OCH3 is 1. The highest BCUT2D eigenvalue weighted by atomic mass is 16.7. The summed E-state index contributed by atoms with van der Waals surface area (Å²) in [6.07, 6.45) is -2.66. The fourth-order valence-corrected chi connectivity index (χ4v) is 4.39. The summed E-state index contributed by atoms with van der Waals surface area (Å²) in [6, 6.07) is 1.53. The number of fused-ring (bicyclic) bond motifs is 4. The van der Waals surface area contributed by atoms with Crippen LogP contribution in [0.1, 0.15) is 34.6 Å². The molecule has 0 saturated carbocycles. The molecule has 0 aromatic heterocycles. The first kappa shape index (κ1) is 24.2. The standard InChI is InChI=1S/C23H24O12/c1-7-8(2)23(32-3)34-13-6-33-21(30)9-4-11(24)16(26)18(28)14(9)15-10(22(31)35-20(7)13)5-12(25)17(27)19(15)29/h4-5,7-8,13,20,23-29H,6H2,1-3H3/t7-,8?,13?,20+,23+/m1/s1. The Bertz CT molecular complexity index is 1210. The molecule has 0 radical (unpaired) electrons. The van der Waals surface area contributed by atoms with Crippen LogP contribution in [0.4, 0.5) is 0 Å². The zero-order valence-electron chi connectivity index (χ0n) is 18.9. The summed E-state index contributed by atoms with van der Waals surface area (Å²) in [5.74, 6) is -8.97. The first-order chi connectivity index (χ1) is 16.5. The fraction of sp³-hybridized carbons (Fsp3) is 0.391. The Balaban J connectivity index is 1.99. The van der Waals surface area contributed by atoms with E-state index in [-0.39, 0.29) is 11.8 Å². The normalized spacial score (nSPS) is 26.4. The number of esters is 2. The van der Waals surface area contributed by atoms with Gasteiger partial charge in [-0.15, -0.1) is 0 Å². The SMILES string of the molecule is CO[C@H]1OC2COC(=O)c3cc(O)c(O)c(O)c3-c3c(cc(O)c(O)c3O)C(=O)O[C@H]2[C@H](C)C1C. The number of carbonyl (C=O) groups is 2. The van der Waals surface area contributed by atoms with Crippen LogP contribution in [0.3, 0.4) is 0 Å². The lowest BCUT2D eigenvalue weighted by molar-refractivity contribution is -0.259. The van der Waals surface area contributed by atoms with Crippen molar-refractivity contribution >= 4 is 11.9 Å². The summed E-state index contributed by atoms with van der Waals surface area (Å²) in [6.45, 7) is 3.16. The minimum Gasteiger partial charge on any atom is -0.504 e. The van der Waals surface area contributed by atoms with Gasteiger partial charge in [0.15, 0.2) is 29.3 Å². The average Bonchev–Trinajstić information content (AvgIpc) is 2.84. The number of carbonyl (C=O) groups excluding carboxylic acids is 2. The molecule has 0 aliphatic carbocycles. The van der Waals surface area contributed by atoms with Crippen LogP contribution in [0, 0.1) is 11.8 Å². The van der Waals surface area contributed by atoms with Crippen molar-refractivity contribution in [3.63, 3.8) is 0 Å². The van der Waals surface area contributed by atoms with Gasteiger partial charge in [-0.1, -0.05) is 13.8 Å². The van der Waals surface area contributed by atoms with Crippen LogP contribution >= 0.6 is 0 Å². The van der Waals surface area contributed by atoms with Gasteiger partial charge in [0, 0.05) is 30.1 Å². The molecule has 0 bridgehead atoms. The fourth-order valence-electron chi connectivity index (χ4n) is 4.39. The highest BCUT2D eigenvalue weighted by Crippen LogP contribution is 2.53. The number of hydrogen-bond donors (Lipinski definition) is 6. The predicted octanol–water partition coefficient (Wildman–Crippen LogP) is 1.93. The van der Waals surface area contributed by atoms with Gasteiger partial charge in [-0.3, -0.25) is 0 Å². The maximum absolute atomic E-state index is 13.3. The van der Waals surface area contributed by atoms with Crippen LogP contribution in [-0.4, -0.2) is 74.8 Å². The molecule has 1 saturated heterocycles. The highest BCUT2D eigenvalue weighted by molar-refractivity contribution is 6.08. The summed E-state index contributed by atoms with van der Waals surface area (Å²) in [4.78, 5) is 26.4. The summed E-state index contributed by atoms with van der Waals surface area (Å²) in [5.41, 5.74) is -2.41. The Morgan fingerprint density at radius 1 is 0.800 bits per heavy atom. The molecule has 12 heteroatoms. The molecule has 4 rings (SSSR count). The van der Waals surface area contributed by atoms with E-state index in [2.05, 4.69) is 0 Å². The van der Waals surface area contributed by atoms with E-state index in [4.69, 9.17) is 18.9 Å². The highest BCUT2D eigenvalue weighted by Gasteiger charge is 2.46. The Kier molecular flexibility index (Phi) is 6.03. The number of aromatic hydroxyl groups is 6. The summed E-state index contributed by atoms with van der Waals surface area (Å²) >= 11 is 0. The van der Waals surface area contributed by atoms with Crippen molar-refractivity contribution in [2.45, 2.75) is 32.3 Å². The molecule has 0 spiro atoms. The number of benzene rings is 2. The third-order valence-electron chi connectivity index (χ3n) is 6.50. The largest absolute Gasteiger partial charge is 0.504 e. The van der Waals surface area contributed by atoms with Crippen molar-refractivity contribution < 1.29 is 59.2 Å². The predicted molar refractivity (Wildman–Crippen MR) is 115 cm³/mol. The van der Waals surface area contributed by atoms with E-state index in [0.29, 0.717) is 0 Å². The Morgan fingerprint density at radius 3 is 1.83 bits per heavy atom. The van der Waals surface area contributed by atoms with Gasteiger partial charge in [-0.2, -0.15) is 0 Å². The molecule has 35 heavy (non-hydrogen) atoms. The molecule has 1 fully saturated rings. The van der Waals surface area contributed by atoms with Crippen molar-refractivity contribution in [2.24, 2.45) is 11.8 Å². The number of phenols is 6. The number of ether oxygens (including phenoxy) is 4. The minimum atomic E-state index is -1.12. The molecular formula is C23H24O12. The van der Waals surface area contributed by atoms with E-state index in [1.807, 2.05) is 6.92 Å². The van der Waals surface area contributed by atoms with E-state index in [9.17, 15) is 40.2 Å². The monoisotopic (exact) mass is 492 g/mol. The summed E-state index contributed by atoms with van der Waals surface area (Å²) in [7, 11) is 1.43. The lowest BCUT2D eigenvalue weighted by Gasteiger charge is -2.43. The molecular weight excluding hydrogens is 468 g/mol. The number of phenolic OH excluding ortho intramolecular Hbond substituents is 6. The molecule has 0 amide bonds. The Labute approximate surface area is 198 Å². The van der Waals surface area contributed by atoms with Crippen LogP contribution < -0.4 is 0 Å². The van der Waals surface area contributed by atoms with Crippen LogP contribution in [-0.2, 0) is 18.9 Å². The maximum Gasteiger partial charge on any atom is 0.339 e. The molecule has 2 unspecified atom stereocenters. The van der Waals surface area contributed by atoms with Gasteiger partial charge in [-0.05, 0) is 12.1 Å². The average molecular weight is 492 g/mol. The van der Waals surface area contributed by atoms with Gasteiger partial charge in [0.05, 0.1) is 11.1 Å². The number of rotatable bonds is 1. The third-order valence-corrected chi connectivity index (χ3v) is 6.50. The van der Waals surface area contributed by atoms with Crippen LogP contribution in [0.2, 0.25) is 0 Å². The quantitative estimate of drug-likeness (QED) is 0.251. The van der Waals surface area contributed by atoms with Gasteiger partial charge in [-0.25, -0.2) is 9.59 Å². The smallest absolute Gasteiger partial charge is 0.339 e. The third kappa shape index (κ3) is 3.80. The van der Waals surface area contributed by atoms with E-state index in [1.165, 1.54) is 7.11 Å². The van der Waals surface area contributed by atoms with Crippen molar-refractivity contribution in [1.29, 1.82) is 0 Å². The summed E-state index contributed by atoms with van der Waals surface area (Å²) < 4.78 is 22.2. The Morgan fingerprint density at radius 2 is 1.31 bits per heavy atom. The first-order valence-electron chi connectivity index (χ1n) is 10.6. The van der Waals surface area contributed by atoms with Gasteiger partial charge in [0.25, 0.3) is 0 Å². The molecule has 2 aliphatic rings. The maximum atomic E-state index is 13.3. The van der Waals surface area contributed by atoms with Crippen LogP contribution in [0.25, 0.3) is 11.1 Å². The zero-order valence-corrected chi connectivity index (χ0v) is 18.9. The number of hydrogen-bond acceptors (Lipinski definition) is 12. The van der Waals surface area contributed by atoms with Gasteiger partial charge >= 0.3 is 11.9 Å². The van der Waals surface area contributed by atoms with E-state index >= 15 is 0 Å². The first-order valence-corrected chi connectivity index (χ1v) is 10.6. The van der Waals surface area contributed by atoms with E-state index < -0.39 is 93.8 Å². The van der Waals surface area contributed by atoms with E-state index in [1.54, 1.807) is 6.92 Å². The van der Waals surface area contributed by atoms with Crippen molar-refractivity contribution in [2.75, 3.05) is 13.7 Å². The molecule has 6 N–H and O–H groups in total. The molecule has 188 valence electrons. The van der Waals surface area contributed by atoms with Crippen molar-refractivity contribution in [3.8, 4) is 45.6 Å². The second-order valence-corrected chi connectivity index (χ2v) is 8.50. The van der Waals surface area contributed by atoms with E-state index in [0.717, 1.165) is 12.1 Å². The minimum absolute atomic E-state index is 0.258. The second kappa shape index (κ2) is 8.71. The topological polar surface area (TPSA) is 192 Å². The lowest BCUT2D eigenvalue weighted by Crippen LogP contribution is -2.53. The van der Waals surface area contributed by atoms with Gasteiger partial charge < -0.3 is 49.6 Å². The Hall–Kier alpha value is -3.90. The summed E-state index contributed by atoms with van der Waals surface area (Å²) in [5, 5.41) is 61.5. The van der Waals surface area contributed by atoms with Gasteiger partial charge in [0.1, 0.15) is 18.8 Å². The molecule has 12 nitrogen and oxygen atoms in total. The molecule has 5 atom stereocenters. The zero-order chi connectivity index (χ0) is 25.8. The number of cyclic esters (lactones) is 1. The molecule has 2 aliphatic heterocycles. The lowest BCUT2D eigenvalue weighted by atomic mass is 9.84. The van der Waals surface area contributed by atoms with Crippen molar-refractivity contribution in [3.05, 3.63) is 23.3 Å². The second-order valence-electron chi connectivity index (χ2n) is 8.50. The van der Waals surface area contributed by atoms with Crippen LogP contribution in [0.15, 0.2) is 12.1 Å². The molecule has 2 aromatic rings. The van der Waals surface area contributed by atoms with Crippen molar-refractivity contribution in [1.82, 2.24) is 0 Å². The molecule has 2 aromatic carbocycles. The van der Waals surface area contributed by atoms with Gasteiger partial charge in [0.2, 0.25) is 11.5 Å². The molecule has 2 heterocycles. The van der Waals surface area contributed by atoms with Crippen LogP contribution in [0.5, 0.6) is 34.5 Å².